The van der Waals surface area contributed by atoms with Gasteiger partial charge in [0.05, 0.1) is 0 Å². The molecule has 0 radical (unpaired) electrons. The molecular formula is C16H27N5. The van der Waals surface area contributed by atoms with E-state index in [9.17, 15) is 0 Å². The van der Waals surface area contributed by atoms with Gasteiger partial charge in [0.25, 0.3) is 0 Å². The standard InChI is InChI=1S/C16H27N5/c1-12-14-10-13(11-17-2)4-5-15(14)19-16(18-12)21-8-6-20(3)7-9-21/h13,17H,4-11H2,1-3H3. The minimum Gasteiger partial charge on any atom is -0.338 e. The number of anilines is 1. The molecule has 1 aliphatic carbocycles. The maximum Gasteiger partial charge on any atom is 0.225 e. The number of aromatic nitrogens is 2. The van der Waals surface area contributed by atoms with Crippen molar-refractivity contribution in [3.8, 4) is 0 Å². The average molecular weight is 289 g/mol. The van der Waals surface area contributed by atoms with Crippen LogP contribution in [0.15, 0.2) is 0 Å². The summed E-state index contributed by atoms with van der Waals surface area (Å²) in [5.74, 6) is 1.69. The fourth-order valence-electron chi connectivity index (χ4n) is 3.45. The topological polar surface area (TPSA) is 44.3 Å². The smallest absolute Gasteiger partial charge is 0.225 e. The highest BCUT2D eigenvalue weighted by atomic mass is 15.3. The Morgan fingerprint density at radius 1 is 1.19 bits per heavy atom. The highest BCUT2D eigenvalue weighted by Gasteiger charge is 2.24. The van der Waals surface area contributed by atoms with Crippen LogP contribution < -0.4 is 10.2 Å². The SMILES string of the molecule is CNCC1CCc2nc(N3CCN(C)CC3)nc(C)c2C1. The molecule has 1 aromatic heterocycles. The number of rotatable bonds is 3. The van der Waals surface area contributed by atoms with E-state index in [2.05, 4.69) is 29.1 Å². The Morgan fingerprint density at radius 3 is 2.67 bits per heavy atom. The number of nitrogens with one attached hydrogen (secondary N) is 1. The number of likely N-dealkylation sites (N-methyl/N-ethyl adjacent to an activating group) is 1. The summed E-state index contributed by atoms with van der Waals surface area (Å²) in [4.78, 5) is 14.4. The molecule has 0 aromatic carbocycles. The van der Waals surface area contributed by atoms with Gasteiger partial charge in [-0.2, -0.15) is 0 Å². The summed E-state index contributed by atoms with van der Waals surface area (Å²) < 4.78 is 0. The maximum absolute atomic E-state index is 4.89. The average Bonchev–Trinajstić information content (AvgIpc) is 2.49. The normalized spacial score (nSPS) is 23.2. The fraction of sp³-hybridized carbons (Fsp3) is 0.750. The lowest BCUT2D eigenvalue weighted by molar-refractivity contribution is 0.310. The Balaban J connectivity index is 1.79. The first kappa shape index (κ1) is 14.7. The van der Waals surface area contributed by atoms with Crippen LogP contribution in [0.5, 0.6) is 0 Å². The zero-order valence-electron chi connectivity index (χ0n) is 13.5. The predicted octanol–water partition coefficient (Wildman–Crippen LogP) is 0.861. The van der Waals surface area contributed by atoms with E-state index in [4.69, 9.17) is 9.97 Å². The first-order valence-corrected chi connectivity index (χ1v) is 8.12. The zero-order chi connectivity index (χ0) is 14.8. The van der Waals surface area contributed by atoms with Crippen molar-refractivity contribution in [2.24, 2.45) is 5.92 Å². The number of nitrogens with zero attached hydrogens (tertiary/aromatic N) is 4. The summed E-state index contributed by atoms with van der Waals surface area (Å²) >= 11 is 0. The first-order valence-electron chi connectivity index (χ1n) is 8.12. The van der Waals surface area contributed by atoms with Gasteiger partial charge < -0.3 is 15.1 Å². The van der Waals surface area contributed by atoms with Crippen LogP contribution in [-0.4, -0.2) is 61.7 Å². The number of aryl methyl sites for hydroxylation is 2. The molecule has 0 amide bonds. The number of fused-ring (bicyclic) bond motifs is 1. The summed E-state index contributed by atoms with van der Waals surface area (Å²) in [6.45, 7) is 7.53. The Kier molecular flexibility index (Phi) is 4.40. The summed E-state index contributed by atoms with van der Waals surface area (Å²) in [6.07, 6.45) is 3.48. The quantitative estimate of drug-likeness (QED) is 0.894. The van der Waals surface area contributed by atoms with Crippen LogP contribution >= 0.6 is 0 Å². The van der Waals surface area contributed by atoms with Crippen LogP contribution in [0, 0.1) is 12.8 Å². The maximum atomic E-state index is 4.89. The van der Waals surface area contributed by atoms with Gasteiger partial charge in [0.2, 0.25) is 5.95 Å². The van der Waals surface area contributed by atoms with Gasteiger partial charge in [-0.3, -0.25) is 0 Å². The van der Waals surface area contributed by atoms with Gasteiger partial charge in [0.1, 0.15) is 0 Å². The van der Waals surface area contributed by atoms with Crippen LogP contribution in [0.1, 0.15) is 23.4 Å². The third-order valence-corrected chi connectivity index (χ3v) is 4.85. The van der Waals surface area contributed by atoms with E-state index < -0.39 is 0 Å². The minimum atomic E-state index is 0.735. The molecule has 0 spiro atoms. The molecule has 2 aliphatic rings. The Hall–Kier alpha value is -1.20. The molecule has 1 saturated heterocycles. The van der Waals surface area contributed by atoms with Gasteiger partial charge >= 0.3 is 0 Å². The number of piperazine rings is 1. The minimum absolute atomic E-state index is 0.735. The van der Waals surface area contributed by atoms with Gasteiger partial charge in [-0.1, -0.05) is 0 Å². The second kappa shape index (κ2) is 6.28. The molecule has 5 nitrogen and oxygen atoms in total. The van der Waals surface area contributed by atoms with Crippen LogP contribution in [-0.2, 0) is 12.8 Å². The van der Waals surface area contributed by atoms with Crippen molar-refractivity contribution < 1.29 is 0 Å². The largest absolute Gasteiger partial charge is 0.338 e. The second-order valence-corrected chi connectivity index (χ2v) is 6.49. The van der Waals surface area contributed by atoms with Gasteiger partial charge in [-0.25, -0.2) is 9.97 Å². The van der Waals surface area contributed by atoms with Gasteiger partial charge in [-0.05, 0) is 58.3 Å². The third-order valence-electron chi connectivity index (χ3n) is 4.85. The molecule has 3 rings (SSSR count). The molecule has 1 aliphatic heterocycles. The summed E-state index contributed by atoms with van der Waals surface area (Å²) in [7, 11) is 4.22. The second-order valence-electron chi connectivity index (χ2n) is 6.49. The highest BCUT2D eigenvalue weighted by Crippen LogP contribution is 2.27. The molecule has 5 heteroatoms. The van der Waals surface area contributed by atoms with Crippen LogP contribution in [0.4, 0.5) is 5.95 Å². The van der Waals surface area contributed by atoms with Crippen LogP contribution in [0.25, 0.3) is 0 Å². The zero-order valence-corrected chi connectivity index (χ0v) is 13.5. The molecule has 2 heterocycles. The van der Waals surface area contributed by atoms with Crippen molar-refractivity contribution in [2.45, 2.75) is 26.2 Å². The summed E-state index contributed by atoms with van der Waals surface area (Å²) in [5, 5.41) is 3.30. The molecule has 21 heavy (non-hydrogen) atoms. The van der Waals surface area contributed by atoms with Crippen LogP contribution in [0.3, 0.4) is 0 Å². The van der Waals surface area contributed by atoms with E-state index >= 15 is 0 Å². The van der Waals surface area contributed by atoms with E-state index in [-0.39, 0.29) is 0 Å². The Labute approximate surface area is 127 Å². The molecular weight excluding hydrogens is 262 g/mol. The number of hydrogen-bond donors (Lipinski definition) is 1. The first-order chi connectivity index (χ1) is 10.2. The van der Waals surface area contributed by atoms with E-state index in [1.165, 1.54) is 23.4 Å². The molecule has 0 bridgehead atoms. The van der Waals surface area contributed by atoms with Crippen LogP contribution in [0.2, 0.25) is 0 Å². The molecule has 1 atom stereocenters. The fourth-order valence-corrected chi connectivity index (χ4v) is 3.45. The molecule has 1 fully saturated rings. The van der Waals surface area contributed by atoms with Crippen molar-refractivity contribution >= 4 is 5.95 Å². The van der Waals surface area contributed by atoms with Crippen molar-refractivity contribution in [3.63, 3.8) is 0 Å². The highest BCUT2D eigenvalue weighted by molar-refractivity contribution is 5.38. The third kappa shape index (κ3) is 3.19. The van der Waals surface area contributed by atoms with Gasteiger partial charge in [0, 0.05) is 37.6 Å². The lowest BCUT2D eigenvalue weighted by atomic mass is 9.86. The monoisotopic (exact) mass is 289 g/mol. The lowest BCUT2D eigenvalue weighted by Gasteiger charge is -2.33. The predicted molar refractivity (Wildman–Crippen MR) is 85.9 cm³/mol. The van der Waals surface area contributed by atoms with E-state index in [0.29, 0.717) is 0 Å². The molecule has 1 N–H and O–H groups in total. The Morgan fingerprint density at radius 2 is 1.95 bits per heavy atom. The lowest BCUT2D eigenvalue weighted by Crippen LogP contribution is -2.45. The van der Waals surface area contributed by atoms with E-state index in [1.807, 2.05) is 7.05 Å². The van der Waals surface area contributed by atoms with E-state index in [0.717, 1.165) is 57.4 Å². The van der Waals surface area contributed by atoms with Crippen molar-refractivity contribution in [1.29, 1.82) is 0 Å². The van der Waals surface area contributed by atoms with E-state index in [1.54, 1.807) is 0 Å². The van der Waals surface area contributed by atoms with Gasteiger partial charge in [-0.15, -0.1) is 0 Å². The molecule has 1 aromatic rings. The summed E-state index contributed by atoms with van der Waals surface area (Å²) in [5.41, 5.74) is 3.89. The van der Waals surface area contributed by atoms with Crippen molar-refractivity contribution in [1.82, 2.24) is 20.2 Å². The van der Waals surface area contributed by atoms with Crippen molar-refractivity contribution in [2.75, 3.05) is 51.7 Å². The Bertz CT molecular complexity index is 494. The van der Waals surface area contributed by atoms with Crippen molar-refractivity contribution in [3.05, 3.63) is 17.0 Å². The number of hydrogen-bond acceptors (Lipinski definition) is 5. The molecule has 116 valence electrons. The summed E-state index contributed by atoms with van der Waals surface area (Å²) in [6, 6.07) is 0. The molecule has 1 unspecified atom stereocenters. The molecule has 0 saturated carbocycles. The van der Waals surface area contributed by atoms with Gasteiger partial charge in [0.15, 0.2) is 0 Å².